The number of carboxylic acid groups (broad SMARTS) is 1. The molecular weight excluding hydrogens is 442 g/mol. The third-order valence-corrected chi connectivity index (χ3v) is 7.53. The van der Waals surface area contributed by atoms with Crippen LogP contribution in [0.3, 0.4) is 0 Å². The van der Waals surface area contributed by atoms with E-state index >= 15 is 0 Å². The second kappa shape index (κ2) is 11.6. The lowest BCUT2D eigenvalue weighted by molar-refractivity contribution is -0.139. The molecule has 2 atom stereocenters. The number of hydrogen-bond donors (Lipinski definition) is 2. The molecule has 32 heavy (non-hydrogen) atoms. The highest BCUT2D eigenvalue weighted by Crippen LogP contribution is 2.16. The van der Waals surface area contributed by atoms with Crippen molar-refractivity contribution in [2.24, 2.45) is 11.8 Å². The number of carbonyl (C=O) groups excluding carboxylic acids is 3. The predicted octanol–water partition coefficient (Wildman–Crippen LogP) is -0.250. The third kappa shape index (κ3) is 8.05. The minimum atomic E-state index is -3.61. The molecule has 0 bridgehead atoms. The number of likely N-dealkylation sites (tertiary alicyclic amines) is 1. The van der Waals surface area contributed by atoms with Gasteiger partial charge in [0.1, 0.15) is 0 Å². The number of rotatable bonds is 8. The molecule has 2 saturated heterocycles. The number of ketones is 1. The van der Waals surface area contributed by atoms with Crippen LogP contribution in [0.4, 0.5) is 4.79 Å². The van der Waals surface area contributed by atoms with Crippen molar-refractivity contribution in [1.29, 1.82) is 0 Å². The molecule has 182 valence electrons. The van der Waals surface area contributed by atoms with Gasteiger partial charge in [-0.05, 0) is 18.8 Å². The molecule has 3 amide bonds. The van der Waals surface area contributed by atoms with Crippen LogP contribution in [0, 0.1) is 11.8 Å². The maximum atomic E-state index is 13.0. The molecule has 12 heteroatoms. The summed E-state index contributed by atoms with van der Waals surface area (Å²) in [6.45, 7) is 4.85. The van der Waals surface area contributed by atoms with E-state index in [0.717, 1.165) is 4.90 Å². The van der Waals surface area contributed by atoms with Gasteiger partial charge in [0.25, 0.3) is 0 Å². The monoisotopic (exact) mass is 475 g/mol. The van der Waals surface area contributed by atoms with Gasteiger partial charge in [0.05, 0.1) is 43.2 Å². The highest BCUT2D eigenvalue weighted by Gasteiger charge is 2.34. The predicted molar refractivity (Wildman–Crippen MR) is 115 cm³/mol. The zero-order chi connectivity index (χ0) is 23.9. The second-order valence-corrected chi connectivity index (χ2v) is 10.9. The Bertz CT molecular complexity index is 808. The maximum absolute atomic E-state index is 13.0. The van der Waals surface area contributed by atoms with Gasteiger partial charge >= 0.3 is 6.09 Å². The van der Waals surface area contributed by atoms with Gasteiger partial charge in [0.2, 0.25) is 11.8 Å². The minimum Gasteiger partial charge on any atom is -0.465 e. The fourth-order valence-corrected chi connectivity index (χ4v) is 5.93. The summed E-state index contributed by atoms with van der Waals surface area (Å²) >= 11 is 0. The molecule has 2 rings (SSSR count). The lowest BCUT2D eigenvalue weighted by Gasteiger charge is -2.28. The van der Waals surface area contributed by atoms with Crippen LogP contribution in [0.5, 0.6) is 0 Å². The van der Waals surface area contributed by atoms with Gasteiger partial charge in [0.15, 0.2) is 15.6 Å². The van der Waals surface area contributed by atoms with Gasteiger partial charge in [-0.2, -0.15) is 0 Å². The molecular formula is C20H33N3O8S. The third-order valence-electron chi connectivity index (χ3n) is 5.44. The average Bonchev–Trinajstić information content (AvgIpc) is 2.88. The summed E-state index contributed by atoms with van der Waals surface area (Å²) in [5.74, 6) is -3.35. The highest BCUT2D eigenvalue weighted by atomic mass is 32.2. The number of hydrogen-bond acceptors (Lipinski definition) is 7. The molecule has 0 saturated carbocycles. The summed E-state index contributed by atoms with van der Waals surface area (Å²) in [5.41, 5.74) is 0. The van der Waals surface area contributed by atoms with Crippen molar-refractivity contribution in [3.63, 3.8) is 0 Å². The highest BCUT2D eigenvalue weighted by molar-refractivity contribution is 7.91. The van der Waals surface area contributed by atoms with Crippen molar-refractivity contribution >= 4 is 33.5 Å². The number of Topliss-reactive ketones (excluding diaryl/α,β-unsaturated/α-hetero) is 1. The zero-order valence-corrected chi connectivity index (χ0v) is 19.4. The van der Waals surface area contributed by atoms with Gasteiger partial charge in [-0.3, -0.25) is 14.4 Å². The fourth-order valence-electron chi connectivity index (χ4n) is 3.89. The van der Waals surface area contributed by atoms with Crippen molar-refractivity contribution in [2.75, 3.05) is 50.9 Å². The summed E-state index contributed by atoms with van der Waals surface area (Å²) in [5, 5.41) is 11.7. The van der Waals surface area contributed by atoms with E-state index in [1.54, 1.807) is 18.7 Å². The van der Waals surface area contributed by atoms with Gasteiger partial charge in [-0.25, -0.2) is 13.2 Å². The van der Waals surface area contributed by atoms with E-state index in [9.17, 15) is 27.6 Å². The van der Waals surface area contributed by atoms with Gasteiger partial charge in [-0.15, -0.1) is 0 Å². The van der Waals surface area contributed by atoms with E-state index < -0.39 is 45.3 Å². The van der Waals surface area contributed by atoms with Crippen LogP contribution in [0.2, 0.25) is 0 Å². The van der Waals surface area contributed by atoms with Crippen LogP contribution < -0.4 is 5.32 Å². The van der Waals surface area contributed by atoms with Gasteiger partial charge in [0, 0.05) is 26.1 Å². The number of carbonyl (C=O) groups is 4. The van der Waals surface area contributed by atoms with E-state index in [2.05, 4.69) is 5.32 Å². The number of nitrogens with zero attached hydrogens (tertiary/aromatic N) is 2. The van der Waals surface area contributed by atoms with E-state index in [1.165, 1.54) is 0 Å². The largest absolute Gasteiger partial charge is 0.465 e. The topological polar surface area (TPSA) is 150 Å². The lowest BCUT2D eigenvalue weighted by Crippen LogP contribution is -2.49. The number of morpholine rings is 1. The van der Waals surface area contributed by atoms with Crippen LogP contribution in [-0.4, -0.2) is 104 Å². The Morgan fingerprint density at radius 1 is 1.12 bits per heavy atom. The van der Waals surface area contributed by atoms with Crippen molar-refractivity contribution in [3.8, 4) is 0 Å². The normalized spacial score (nSPS) is 21.2. The molecule has 2 heterocycles. The number of nitrogens with one attached hydrogen (secondary N) is 1. The standard InChI is InChI=1S/C20H33N3O8S/c1-14(2)12-32(29,30)13-15(10-18(25)22-6-8-31-9-7-22)19(26)21-16-4-3-5-23(20(27)28)11-17(16)24/h14-16H,3-13H2,1-2H3,(H,21,26)(H,27,28). The first kappa shape index (κ1) is 26.0. The Balaban J connectivity index is 2.12. The molecule has 0 aromatic carbocycles. The smallest absolute Gasteiger partial charge is 0.407 e. The van der Waals surface area contributed by atoms with Crippen LogP contribution in [0.15, 0.2) is 0 Å². The SMILES string of the molecule is CC(C)CS(=O)(=O)CC(CC(=O)N1CCOCC1)C(=O)NC1CCCN(C(=O)O)CC1=O. The van der Waals surface area contributed by atoms with Crippen molar-refractivity contribution in [3.05, 3.63) is 0 Å². The minimum absolute atomic E-state index is 0.113. The van der Waals surface area contributed by atoms with E-state index in [-0.39, 0.29) is 43.5 Å². The molecule has 0 aromatic heterocycles. The van der Waals surface area contributed by atoms with Crippen LogP contribution >= 0.6 is 0 Å². The summed E-state index contributed by atoms with van der Waals surface area (Å²) in [4.78, 5) is 51.9. The Kier molecular flexibility index (Phi) is 9.44. The van der Waals surface area contributed by atoms with Gasteiger partial charge in [-0.1, -0.05) is 13.8 Å². The summed E-state index contributed by atoms with van der Waals surface area (Å²) in [6.07, 6.45) is -0.867. The number of amides is 3. The van der Waals surface area contributed by atoms with Crippen LogP contribution in [0.25, 0.3) is 0 Å². The quantitative estimate of drug-likeness (QED) is 0.488. The Labute approximate surface area is 188 Å². The molecule has 2 aliphatic heterocycles. The van der Waals surface area contributed by atoms with Crippen molar-refractivity contribution in [2.45, 2.75) is 39.2 Å². The molecule has 0 aromatic rings. The molecule has 0 radical (unpaired) electrons. The zero-order valence-electron chi connectivity index (χ0n) is 18.6. The summed E-state index contributed by atoms with van der Waals surface area (Å²) in [6, 6.07) is -0.916. The maximum Gasteiger partial charge on any atom is 0.407 e. The first-order valence-corrected chi connectivity index (χ1v) is 12.7. The summed E-state index contributed by atoms with van der Waals surface area (Å²) in [7, 11) is -3.61. The molecule has 0 aliphatic carbocycles. The second-order valence-electron chi connectivity index (χ2n) is 8.74. The summed E-state index contributed by atoms with van der Waals surface area (Å²) < 4.78 is 30.4. The van der Waals surface area contributed by atoms with E-state index in [4.69, 9.17) is 9.84 Å². The molecule has 2 fully saturated rings. The fraction of sp³-hybridized carbons (Fsp3) is 0.800. The Morgan fingerprint density at radius 2 is 1.78 bits per heavy atom. The average molecular weight is 476 g/mol. The Hall–Kier alpha value is -2.21. The lowest BCUT2D eigenvalue weighted by atomic mass is 10.0. The van der Waals surface area contributed by atoms with Crippen molar-refractivity contribution < 1.29 is 37.4 Å². The van der Waals surface area contributed by atoms with Crippen molar-refractivity contribution in [1.82, 2.24) is 15.1 Å². The first-order chi connectivity index (χ1) is 15.0. The van der Waals surface area contributed by atoms with Crippen LogP contribution in [-0.2, 0) is 29.0 Å². The van der Waals surface area contributed by atoms with Gasteiger partial charge < -0.3 is 25.0 Å². The number of sulfone groups is 1. The number of ether oxygens (including phenoxy) is 1. The first-order valence-electron chi connectivity index (χ1n) is 10.9. The molecule has 2 aliphatic rings. The molecule has 2 unspecified atom stereocenters. The Morgan fingerprint density at radius 3 is 2.38 bits per heavy atom. The molecule has 0 spiro atoms. The van der Waals surface area contributed by atoms with Crippen LogP contribution in [0.1, 0.15) is 33.1 Å². The molecule has 11 nitrogen and oxygen atoms in total. The molecule has 2 N–H and O–H groups in total. The van der Waals surface area contributed by atoms with E-state index in [0.29, 0.717) is 32.7 Å². The van der Waals surface area contributed by atoms with E-state index in [1.807, 2.05) is 0 Å².